The van der Waals surface area contributed by atoms with E-state index in [0.717, 1.165) is 0 Å². The van der Waals surface area contributed by atoms with E-state index in [-0.39, 0.29) is 18.0 Å². The summed E-state index contributed by atoms with van der Waals surface area (Å²) >= 11 is 0. The van der Waals surface area contributed by atoms with Crippen LogP contribution in [0.1, 0.15) is 26.3 Å². The molecule has 3 N–H and O–H groups in total. The summed E-state index contributed by atoms with van der Waals surface area (Å²) in [4.78, 5) is 34.1. The van der Waals surface area contributed by atoms with Crippen molar-refractivity contribution in [2.75, 3.05) is 6.54 Å². The number of hydrogen-bond donors (Lipinski definition) is 3. The second-order valence-electron chi connectivity index (χ2n) is 4.77. The van der Waals surface area contributed by atoms with Crippen LogP contribution in [-0.4, -0.2) is 35.6 Å². The van der Waals surface area contributed by atoms with Crippen molar-refractivity contribution < 1.29 is 19.5 Å². The summed E-state index contributed by atoms with van der Waals surface area (Å²) < 4.78 is 0. The molecule has 2 aromatic carbocycles. The van der Waals surface area contributed by atoms with Crippen LogP contribution < -0.4 is 10.7 Å². The number of aromatic carboxylic acids is 1. The number of nitrogens with zero attached hydrogens (tertiary/aromatic N) is 1. The molecule has 2 amide bonds. The molecule has 0 atom stereocenters. The van der Waals surface area contributed by atoms with E-state index in [0.29, 0.717) is 11.1 Å². The predicted octanol–water partition coefficient (Wildman–Crippen LogP) is 1.26. The normalized spacial score (nSPS) is 10.3. The molecule has 0 fully saturated rings. The van der Waals surface area contributed by atoms with Crippen molar-refractivity contribution in [3.05, 3.63) is 71.3 Å². The number of benzene rings is 2. The molecule has 0 aromatic heterocycles. The second-order valence-corrected chi connectivity index (χ2v) is 4.77. The summed E-state index contributed by atoms with van der Waals surface area (Å²) in [7, 11) is 0. The van der Waals surface area contributed by atoms with Gasteiger partial charge >= 0.3 is 5.97 Å². The maximum atomic E-state index is 11.8. The Hall–Kier alpha value is -3.48. The molecule has 0 aliphatic carbocycles. The minimum Gasteiger partial charge on any atom is -0.478 e. The fraction of sp³-hybridized carbons (Fsp3) is 0.0588. The van der Waals surface area contributed by atoms with E-state index in [9.17, 15) is 14.4 Å². The fourth-order valence-corrected chi connectivity index (χ4v) is 1.78. The zero-order valence-electron chi connectivity index (χ0n) is 12.6. The highest BCUT2D eigenvalue weighted by atomic mass is 16.4. The molecule has 0 heterocycles. The van der Waals surface area contributed by atoms with Crippen molar-refractivity contribution in [1.29, 1.82) is 0 Å². The van der Waals surface area contributed by atoms with Crippen molar-refractivity contribution in [3.8, 4) is 0 Å². The molecule has 24 heavy (non-hydrogen) atoms. The Balaban J connectivity index is 1.78. The van der Waals surface area contributed by atoms with Crippen LogP contribution in [0.15, 0.2) is 59.7 Å². The molecular formula is C17H15N3O4. The molecule has 0 radical (unpaired) electrons. The van der Waals surface area contributed by atoms with Gasteiger partial charge in [0.15, 0.2) is 0 Å². The van der Waals surface area contributed by atoms with Crippen LogP contribution in [0.5, 0.6) is 0 Å². The summed E-state index contributed by atoms with van der Waals surface area (Å²) in [5, 5.41) is 15.0. The van der Waals surface area contributed by atoms with Gasteiger partial charge in [-0.05, 0) is 29.8 Å². The van der Waals surface area contributed by atoms with Crippen LogP contribution in [-0.2, 0) is 4.79 Å². The summed E-state index contributed by atoms with van der Waals surface area (Å²) in [6.07, 6.45) is 1.38. The van der Waals surface area contributed by atoms with E-state index in [1.165, 1.54) is 18.3 Å². The Morgan fingerprint density at radius 2 is 1.62 bits per heavy atom. The quantitative estimate of drug-likeness (QED) is 0.549. The van der Waals surface area contributed by atoms with Crippen molar-refractivity contribution in [2.45, 2.75) is 0 Å². The largest absolute Gasteiger partial charge is 0.478 e. The van der Waals surface area contributed by atoms with Gasteiger partial charge in [0, 0.05) is 5.56 Å². The van der Waals surface area contributed by atoms with Crippen molar-refractivity contribution in [1.82, 2.24) is 10.7 Å². The molecule has 0 bridgehead atoms. The van der Waals surface area contributed by atoms with Crippen LogP contribution >= 0.6 is 0 Å². The predicted molar refractivity (Wildman–Crippen MR) is 87.9 cm³/mol. The highest BCUT2D eigenvalue weighted by Crippen LogP contribution is 2.02. The van der Waals surface area contributed by atoms with Crippen molar-refractivity contribution in [2.24, 2.45) is 5.10 Å². The Labute approximate surface area is 138 Å². The molecule has 0 saturated carbocycles. The number of hydrazone groups is 1. The summed E-state index contributed by atoms with van der Waals surface area (Å²) in [5.41, 5.74) is 3.54. The number of amides is 2. The minimum absolute atomic E-state index is 0.166. The highest BCUT2D eigenvalue weighted by Gasteiger charge is 2.06. The first-order valence-electron chi connectivity index (χ1n) is 7.05. The van der Waals surface area contributed by atoms with E-state index < -0.39 is 11.9 Å². The van der Waals surface area contributed by atoms with Gasteiger partial charge in [-0.25, -0.2) is 10.2 Å². The van der Waals surface area contributed by atoms with Crippen LogP contribution in [0.4, 0.5) is 0 Å². The molecule has 2 rings (SSSR count). The van der Waals surface area contributed by atoms with Gasteiger partial charge in [0.1, 0.15) is 0 Å². The lowest BCUT2D eigenvalue weighted by molar-refractivity contribution is -0.120. The SMILES string of the molecule is O=C(CNC(=O)c1ccccc1)NN=Cc1ccc(C(=O)O)cc1. The van der Waals surface area contributed by atoms with E-state index >= 15 is 0 Å². The molecule has 7 heteroatoms. The number of carbonyl (C=O) groups excluding carboxylic acids is 2. The first kappa shape index (κ1) is 16.9. The van der Waals surface area contributed by atoms with Gasteiger partial charge in [-0.3, -0.25) is 9.59 Å². The van der Waals surface area contributed by atoms with Gasteiger partial charge in [0.2, 0.25) is 0 Å². The standard InChI is InChI=1S/C17H15N3O4/c21-15(11-18-16(22)13-4-2-1-3-5-13)20-19-10-12-6-8-14(9-7-12)17(23)24/h1-10H,11H2,(H,18,22)(H,20,21)(H,23,24). The molecule has 0 saturated heterocycles. The molecular weight excluding hydrogens is 310 g/mol. The molecule has 122 valence electrons. The smallest absolute Gasteiger partial charge is 0.335 e. The third kappa shape index (κ3) is 5.06. The number of carboxylic acid groups (broad SMARTS) is 1. The van der Waals surface area contributed by atoms with Gasteiger partial charge in [0.05, 0.1) is 18.3 Å². The topological polar surface area (TPSA) is 108 Å². The fourth-order valence-electron chi connectivity index (χ4n) is 1.78. The van der Waals surface area contributed by atoms with E-state index in [1.54, 1.807) is 42.5 Å². The molecule has 0 aliphatic heterocycles. The molecule has 0 spiro atoms. The van der Waals surface area contributed by atoms with E-state index in [1.807, 2.05) is 0 Å². The van der Waals surface area contributed by atoms with Gasteiger partial charge in [-0.2, -0.15) is 5.10 Å². The number of rotatable bonds is 6. The van der Waals surface area contributed by atoms with Gasteiger partial charge in [-0.1, -0.05) is 30.3 Å². The highest BCUT2D eigenvalue weighted by molar-refractivity contribution is 5.96. The second kappa shape index (κ2) is 8.23. The first-order chi connectivity index (χ1) is 11.6. The minimum atomic E-state index is -1.01. The summed E-state index contributed by atoms with van der Waals surface area (Å²) in [5.74, 6) is -1.84. The number of hydrogen-bond acceptors (Lipinski definition) is 4. The lowest BCUT2D eigenvalue weighted by atomic mass is 10.1. The van der Waals surface area contributed by atoms with Crippen LogP contribution in [0.2, 0.25) is 0 Å². The van der Waals surface area contributed by atoms with Crippen molar-refractivity contribution in [3.63, 3.8) is 0 Å². The first-order valence-corrected chi connectivity index (χ1v) is 7.05. The molecule has 2 aromatic rings. The average molecular weight is 325 g/mol. The van der Waals surface area contributed by atoms with Gasteiger partial charge < -0.3 is 10.4 Å². The zero-order valence-corrected chi connectivity index (χ0v) is 12.6. The number of carbonyl (C=O) groups is 3. The molecule has 0 unspecified atom stereocenters. The Morgan fingerprint density at radius 1 is 0.958 bits per heavy atom. The Morgan fingerprint density at radius 3 is 2.25 bits per heavy atom. The van der Waals surface area contributed by atoms with Gasteiger partial charge in [0.25, 0.3) is 11.8 Å². The van der Waals surface area contributed by atoms with Crippen LogP contribution in [0.3, 0.4) is 0 Å². The lowest BCUT2D eigenvalue weighted by Gasteiger charge is -2.03. The molecule has 7 nitrogen and oxygen atoms in total. The zero-order chi connectivity index (χ0) is 17.4. The van der Waals surface area contributed by atoms with E-state index in [2.05, 4.69) is 15.8 Å². The van der Waals surface area contributed by atoms with Crippen LogP contribution in [0, 0.1) is 0 Å². The third-order valence-electron chi connectivity index (χ3n) is 3.01. The molecule has 0 aliphatic rings. The van der Waals surface area contributed by atoms with Crippen LogP contribution in [0.25, 0.3) is 0 Å². The summed E-state index contributed by atoms with van der Waals surface area (Å²) in [6.45, 7) is -0.205. The monoisotopic (exact) mass is 325 g/mol. The summed E-state index contributed by atoms with van der Waals surface area (Å²) in [6, 6.07) is 14.5. The third-order valence-corrected chi connectivity index (χ3v) is 3.01. The Bertz CT molecular complexity index is 755. The van der Waals surface area contributed by atoms with Crippen molar-refractivity contribution >= 4 is 24.0 Å². The van der Waals surface area contributed by atoms with E-state index in [4.69, 9.17) is 5.11 Å². The average Bonchev–Trinajstić information content (AvgIpc) is 2.61. The maximum absolute atomic E-state index is 11.8. The lowest BCUT2D eigenvalue weighted by Crippen LogP contribution is -2.34. The maximum Gasteiger partial charge on any atom is 0.335 e. The Kier molecular flexibility index (Phi) is 5.79. The number of nitrogens with one attached hydrogen (secondary N) is 2. The van der Waals surface area contributed by atoms with Gasteiger partial charge in [-0.15, -0.1) is 0 Å². The number of carboxylic acids is 1.